The number of ketones is 1. The van der Waals surface area contributed by atoms with Crippen molar-refractivity contribution >= 4 is 22.6 Å². The highest BCUT2D eigenvalue weighted by Gasteiger charge is 2.14. The van der Waals surface area contributed by atoms with Crippen LogP contribution in [0.15, 0.2) is 42.1 Å². The Labute approximate surface area is 128 Å². The first-order valence-electron chi connectivity index (χ1n) is 7.29. The highest BCUT2D eigenvalue weighted by atomic mass is 16.2. The molecule has 2 aromatic rings. The molecule has 112 valence electrons. The summed E-state index contributed by atoms with van der Waals surface area (Å²) in [6, 6.07) is 9.30. The molecule has 0 bridgehead atoms. The van der Waals surface area contributed by atoms with Crippen LogP contribution in [0.3, 0.4) is 0 Å². The van der Waals surface area contributed by atoms with Gasteiger partial charge in [0.1, 0.15) is 0 Å². The predicted molar refractivity (Wildman–Crippen MR) is 84.0 cm³/mol. The molecular weight excluding hydrogens is 278 g/mol. The maximum Gasteiger partial charge on any atom is 0.270 e. The van der Waals surface area contributed by atoms with Crippen LogP contribution in [0, 0.1) is 6.92 Å². The lowest BCUT2D eigenvalue weighted by atomic mass is 10.0. The van der Waals surface area contributed by atoms with Gasteiger partial charge in [0.15, 0.2) is 5.78 Å². The number of nitrogens with zero attached hydrogens (tertiary/aromatic N) is 1. The average molecular weight is 295 g/mol. The third kappa shape index (κ3) is 2.98. The van der Waals surface area contributed by atoms with Gasteiger partial charge in [0.05, 0.1) is 11.1 Å². The van der Waals surface area contributed by atoms with Crippen LogP contribution in [0.5, 0.6) is 0 Å². The molecule has 1 aliphatic carbocycles. The Morgan fingerprint density at radius 1 is 1.23 bits per heavy atom. The molecule has 3 rings (SSSR count). The third-order valence-corrected chi connectivity index (χ3v) is 3.63. The number of carbonyl (C=O) groups is 2. The van der Waals surface area contributed by atoms with Crippen molar-refractivity contribution in [2.45, 2.75) is 26.2 Å². The Kier molecular flexibility index (Phi) is 3.87. The first kappa shape index (κ1) is 14.3. The normalized spacial score (nSPS) is 14.6. The second-order valence-electron chi connectivity index (χ2n) is 5.40. The van der Waals surface area contributed by atoms with Gasteiger partial charge in [-0.15, -0.1) is 0 Å². The molecule has 0 saturated heterocycles. The molecule has 2 N–H and O–H groups in total. The number of para-hydroxylation sites is 1. The molecule has 1 amide bonds. The van der Waals surface area contributed by atoms with E-state index in [0.717, 1.165) is 35.1 Å². The quantitative estimate of drug-likeness (QED) is 0.853. The van der Waals surface area contributed by atoms with E-state index in [-0.39, 0.29) is 11.7 Å². The zero-order valence-corrected chi connectivity index (χ0v) is 12.3. The van der Waals surface area contributed by atoms with Crippen molar-refractivity contribution in [1.82, 2.24) is 15.8 Å². The molecule has 0 atom stereocenters. The van der Waals surface area contributed by atoms with Crippen LogP contribution in [-0.2, 0) is 4.79 Å². The van der Waals surface area contributed by atoms with Gasteiger partial charge in [-0.05, 0) is 31.9 Å². The summed E-state index contributed by atoms with van der Waals surface area (Å²) >= 11 is 0. The van der Waals surface area contributed by atoms with E-state index in [2.05, 4.69) is 15.8 Å². The molecule has 1 aromatic heterocycles. The molecule has 0 unspecified atom stereocenters. The summed E-state index contributed by atoms with van der Waals surface area (Å²) in [6.07, 6.45) is 3.71. The number of nitrogens with one attached hydrogen (secondary N) is 2. The number of hydrazine groups is 1. The topological polar surface area (TPSA) is 71.1 Å². The van der Waals surface area contributed by atoms with E-state index in [9.17, 15) is 9.59 Å². The fourth-order valence-electron chi connectivity index (χ4n) is 2.59. The third-order valence-electron chi connectivity index (χ3n) is 3.63. The first-order valence-corrected chi connectivity index (χ1v) is 7.29. The Morgan fingerprint density at radius 3 is 2.86 bits per heavy atom. The Morgan fingerprint density at radius 2 is 2.05 bits per heavy atom. The molecule has 0 fully saturated rings. The number of aryl methyl sites for hydroxylation is 1. The zero-order valence-electron chi connectivity index (χ0n) is 12.3. The van der Waals surface area contributed by atoms with Crippen molar-refractivity contribution in [2.75, 3.05) is 0 Å². The Hall–Kier alpha value is -2.69. The maximum atomic E-state index is 12.4. The fraction of sp³-hybridized carbons (Fsp3) is 0.235. The van der Waals surface area contributed by atoms with Gasteiger partial charge in [-0.3, -0.25) is 20.0 Å². The fourth-order valence-corrected chi connectivity index (χ4v) is 2.59. The highest BCUT2D eigenvalue weighted by molar-refractivity contribution is 6.06. The van der Waals surface area contributed by atoms with E-state index in [1.165, 1.54) is 0 Å². The number of fused-ring (bicyclic) bond motifs is 1. The van der Waals surface area contributed by atoms with Crippen LogP contribution in [0.4, 0.5) is 0 Å². The summed E-state index contributed by atoms with van der Waals surface area (Å²) < 4.78 is 0. The lowest BCUT2D eigenvalue weighted by Gasteiger charge is -2.15. The van der Waals surface area contributed by atoms with Crippen molar-refractivity contribution in [1.29, 1.82) is 0 Å². The van der Waals surface area contributed by atoms with Crippen molar-refractivity contribution in [2.24, 2.45) is 0 Å². The van der Waals surface area contributed by atoms with Crippen LogP contribution in [-0.4, -0.2) is 16.7 Å². The molecule has 5 nitrogen and oxygen atoms in total. The molecule has 22 heavy (non-hydrogen) atoms. The van der Waals surface area contributed by atoms with E-state index >= 15 is 0 Å². The predicted octanol–water partition coefficient (Wildman–Crippen LogP) is 2.41. The van der Waals surface area contributed by atoms with Crippen molar-refractivity contribution in [3.63, 3.8) is 0 Å². The van der Waals surface area contributed by atoms with E-state index in [1.54, 1.807) is 12.1 Å². The molecule has 0 aliphatic heterocycles. The maximum absolute atomic E-state index is 12.4. The summed E-state index contributed by atoms with van der Waals surface area (Å²) in [7, 11) is 0. The van der Waals surface area contributed by atoms with Gasteiger partial charge in [0.2, 0.25) is 0 Å². The number of amides is 1. The van der Waals surface area contributed by atoms with Gasteiger partial charge in [-0.2, -0.15) is 0 Å². The molecule has 0 saturated carbocycles. The number of benzene rings is 1. The van der Waals surface area contributed by atoms with Gasteiger partial charge in [0, 0.05) is 29.3 Å². The number of hydrogen-bond acceptors (Lipinski definition) is 4. The van der Waals surface area contributed by atoms with Crippen molar-refractivity contribution in [3.8, 4) is 0 Å². The number of aromatic nitrogens is 1. The Bertz CT molecular complexity index is 781. The molecule has 0 radical (unpaired) electrons. The average Bonchev–Trinajstić information content (AvgIpc) is 2.52. The van der Waals surface area contributed by atoms with Gasteiger partial charge >= 0.3 is 0 Å². The summed E-state index contributed by atoms with van der Waals surface area (Å²) in [6.45, 7) is 1.86. The van der Waals surface area contributed by atoms with E-state index in [0.29, 0.717) is 12.0 Å². The van der Waals surface area contributed by atoms with Crippen LogP contribution < -0.4 is 10.9 Å². The van der Waals surface area contributed by atoms with E-state index in [4.69, 9.17) is 0 Å². The summed E-state index contributed by atoms with van der Waals surface area (Å²) in [5.41, 5.74) is 8.42. The molecular formula is C17H17N3O2. The minimum absolute atomic E-state index is 0.0909. The molecule has 1 aliphatic rings. The van der Waals surface area contributed by atoms with Crippen LogP contribution in [0.2, 0.25) is 0 Å². The van der Waals surface area contributed by atoms with Crippen LogP contribution >= 0.6 is 0 Å². The number of rotatable bonds is 3. The first-order chi connectivity index (χ1) is 10.6. The summed E-state index contributed by atoms with van der Waals surface area (Å²) in [4.78, 5) is 28.2. The van der Waals surface area contributed by atoms with Crippen LogP contribution in [0.25, 0.3) is 10.9 Å². The van der Waals surface area contributed by atoms with E-state index < -0.39 is 0 Å². The monoisotopic (exact) mass is 295 g/mol. The SMILES string of the molecule is Cc1cc(C(=O)NNC2=CC(=O)CCC2)c2ccccc2n1. The molecule has 1 heterocycles. The second-order valence-corrected chi connectivity index (χ2v) is 5.40. The second kappa shape index (κ2) is 5.97. The highest BCUT2D eigenvalue weighted by Crippen LogP contribution is 2.18. The van der Waals surface area contributed by atoms with Gasteiger partial charge < -0.3 is 5.43 Å². The lowest BCUT2D eigenvalue weighted by Crippen LogP contribution is -2.37. The molecule has 5 heteroatoms. The largest absolute Gasteiger partial charge is 0.302 e. The van der Waals surface area contributed by atoms with Crippen molar-refractivity contribution in [3.05, 3.63) is 53.4 Å². The Balaban J connectivity index is 1.82. The lowest BCUT2D eigenvalue weighted by molar-refractivity contribution is -0.115. The van der Waals surface area contributed by atoms with Gasteiger partial charge in [-0.1, -0.05) is 18.2 Å². The number of allylic oxidation sites excluding steroid dienone is 2. The van der Waals surface area contributed by atoms with Crippen molar-refractivity contribution < 1.29 is 9.59 Å². The van der Waals surface area contributed by atoms with Gasteiger partial charge in [-0.25, -0.2) is 0 Å². The molecule has 1 aromatic carbocycles. The van der Waals surface area contributed by atoms with Gasteiger partial charge in [0.25, 0.3) is 5.91 Å². The minimum atomic E-state index is -0.236. The van der Waals surface area contributed by atoms with E-state index in [1.807, 2.05) is 31.2 Å². The number of carbonyl (C=O) groups excluding carboxylic acids is 2. The zero-order chi connectivity index (χ0) is 15.5. The summed E-state index contributed by atoms with van der Waals surface area (Å²) in [5, 5.41) is 0.807. The standard InChI is InChI=1S/C17H17N3O2/c1-11-9-15(14-7-2-3-8-16(14)18-11)17(22)20-19-12-5-4-6-13(21)10-12/h2-3,7-10,19H,4-6H2,1H3,(H,20,22). The molecule has 0 spiro atoms. The van der Waals surface area contributed by atoms with Crippen LogP contribution in [0.1, 0.15) is 35.3 Å². The number of pyridine rings is 1. The minimum Gasteiger partial charge on any atom is -0.302 e. The smallest absolute Gasteiger partial charge is 0.270 e. The number of hydrogen-bond donors (Lipinski definition) is 2. The summed E-state index contributed by atoms with van der Waals surface area (Å²) in [5.74, 6) is -0.145.